The minimum absolute atomic E-state index is 0.0368. The van der Waals surface area contributed by atoms with Gasteiger partial charge >= 0.3 is 0 Å². The fourth-order valence-electron chi connectivity index (χ4n) is 2.18. The summed E-state index contributed by atoms with van der Waals surface area (Å²) in [5.41, 5.74) is 3.00. The van der Waals surface area contributed by atoms with Crippen LogP contribution in [-0.4, -0.2) is 16.1 Å². The maximum atomic E-state index is 12.3. The highest BCUT2D eigenvalue weighted by Gasteiger charge is 2.28. The highest BCUT2D eigenvalue weighted by molar-refractivity contribution is 9.10. The number of nitrogens with one attached hydrogen (secondary N) is 1. The van der Waals surface area contributed by atoms with Gasteiger partial charge in [-0.15, -0.1) is 11.8 Å². The number of hydrogen-bond donors (Lipinski definition) is 1. The molecule has 1 unspecified atom stereocenters. The van der Waals surface area contributed by atoms with E-state index in [1.165, 1.54) is 10.5 Å². The second-order valence-electron chi connectivity index (χ2n) is 4.74. The highest BCUT2D eigenvalue weighted by Crippen LogP contribution is 2.37. The monoisotopic (exact) mass is 348 g/mol. The summed E-state index contributed by atoms with van der Waals surface area (Å²) in [5.74, 6) is 0.0368. The van der Waals surface area contributed by atoms with Crippen LogP contribution < -0.4 is 5.32 Å². The predicted molar refractivity (Wildman–Crippen MR) is 85.1 cm³/mol. The van der Waals surface area contributed by atoms with Crippen LogP contribution in [0.4, 0.5) is 5.69 Å². The van der Waals surface area contributed by atoms with Gasteiger partial charge in [-0.3, -0.25) is 4.79 Å². The highest BCUT2D eigenvalue weighted by atomic mass is 79.9. The molecule has 0 saturated heterocycles. The van der Waals surface area contributed by atoms with Crippen molar-refractivity contribution in [3.8, 4) is 0 Å². The average molecular weight is 349 g/mol. The van der Waals surface area contributed by atoms with Crippen molar-refractivity contribution in [2.45, 2.75) is 23.5 Å². The van der Waals surface area contributed by atoms with Crippen molar-refractivity contribution in [3.63, 3.8) is 0 Å². The Kier molecular flexibility index (Phi) is 3.81. The number of aromatic nitrogens is 1. The summed E-state index contributed by atoms with van der Waals surface area (Å²) >= 11 is 4.98. The Bertz CT molecular complexity index is 650. The molecule has 1 aliphatic rings. The first-order valence-electron chi connectivity index (χ1n) is 6.31. The number of benzene rings is 1. The number of nitrogens with zero attached hydrogens (tertiary/aromatic N) is 1. The Hall–Kier alpha value is -1.33. The van der Waals surface area contributed by atoms with Crippen LogP contribution in [0.5, 0.6) is 0 Å². The van der Waals surface area contributed by atoms with E-state index in [1.807, 2.05) is 25.1 Å². The van der Waals surface area contributed by atoms with E-state index in [1.54, 1.807) is 18.0 Å². The molecule has 0 bridgehead atoms. The third-order valence-corrected chi connectivity index (χ3v) is 5.37. The SMILES string of the molecule is Cc1cc(NC(=O)C2Cc3ccccc3S2)cnc1Br. The molecule has 5 heteroatoms. The maximum absolute atomic E-state index is 12.3. The number of anilines is 1. The van der Waals surface area contributed by atoms with Crippen molar-refractivity contribution in [2.24, 2.45) is 0 Å². The Balaban J connectivity index is 1.71. The van der Waals surface area contributed by atoms with Crippen LogP contribution in [0, 0.1) is 6.92 Å². The van der Waals surface area contributed by atoms with E-state index < -0.39 is 0 Å². The van der Waals surface area contributed by atoms with Gasteiger partial charge in [-0.05, 0) is 52.5 Å². The summed E-state index contributed by atoms with van der Waals surface area (Å²) in [7, 11) is 0. The molecule has 0 saturated carbocycles. The Morgan fingerprint density at radius 2 is 2.25 bits per heavy atom. The van der Waals surface area contributed by atoms with Crippen LogP contribution in [0.15, 0.2) is 46.0 Å². The average Bonchev–Trinajstić information content (AvgIpc) is 2.87. The van der Waals surface area contributed by atoms with Crippen molar-refractivity contribution >= 4 is 39.3 Å². The molecule has 0 radical (unpaired) electrons. The van der Waals surface area contributed by atoms with E-state index >= 15 is 0 Å². The van der Waals surface area contributed by atoms with Crippen LogP contribution in [0.25, 0.3) is 0 Å². The van der Waals surface area contributed by atoms with Gasteiger partial charge in [-0.25, -0.2) is 4.98 Å². The second kappa shape index (κ2) is 5.58. The minimum Gasteiger partial charge on any atom is -0.324 e. The summed E-state index contributed by atoms with van der Waals surface area (Å²) < 4.78 is 0.804. The lowest BCUT2D eigenvalue weighted by Crippen LogP contribution is -2.24. The largest absolute Gasteiger partial charge is 0.324 e. The first kappa shape index (κ1) is 13.6. The number of hydrogen-bond acceptors (Lipinski definition) is 3. The number of pyridine rings is 1. The number of aryl methyl sites for hydroxylation is 1. The topological polar surface area (TPSA) is 42.0 Å². The normalized spacial score (nSPS) is 16.8. The van der Waals surface area contributed by atoms with E-state index in [4.69, 9.17) is 0 Å². The van der Waals surface area contributed by atoms with Crippen molar-refractivity contribution < 1.29 is 4.79 Å². The van der Waals surface area contributed by atoms with Gasteiger partial charge in [-0.2, -0.15) is 0 Å². The van der Waals surface area contributed by atoms with Gasteiger partial charge in [0.2, 0.25) is 5.91 Å². The molecule has 3 nitrogen and oxygen atoms in total. The zero-order chi connectivity index (χ0) is 14.1. The molecule has 1 atom stereocenters. The Morgan fingerprint density at radius 3 is 3.00 bits per heavy atom. The molecule has 3 rings (SSSR count). The van der Waals surface area contributed by atoms with Gasteiger partial charge in [-0.1, -0.05) is 18.2 Å². The molecule has 1 amide bonds. The van der Waals surface area contributed by atoms with Gasteiger partial charge in [0, 0.05) is 4.90 Å². The molecule has 0 spiro atoms. The van der Waals surface area contributed by atoms with E-state index in [0.717, 1.165) is 22.3 Å². The molecular formula is C15H13BrN2OS. The summed E-state index contributed by atoms with van der Waals surface area (Å²) in [4.78, 5) is 17.7. The lowest BCUT2D eigenvalue weighted by Gasteiger charge is -2.10. The molecule has 20 heavy (non-hydrogen) atoms. The second-order valence-corrected chi connectivity index (χ2v) is 6.73. The molecule has 1 N–H and O–H groups in total. The number of fused-ring (bicyclic) bond motifs is 1. The van der Waals surface area contributed by atoms with Crippen LogP contribution in [0.1, 0.15) is 11.1 Å². The van der Waals surface area contributed by atoms with Gasteiger partial charge < -0.3 is 5.32 Å². The molecule has 102 valence electrons. The number of thioether (sulfide) groups is 1. The fraction of sp³-hybridized carbons (Fsp3) is 0.200. The zero-order valence-corrected chi connectivity index (χ0v) is 13.3. The van der Waals surface area contributed by atoms with Crippen LogP contribution in [0.3, 0.4) is 0 Å². The maximum Gasteiger partial charge on any atom is 0.238 e. The third kappa shape index (κ3) is 2.74. The zero-order valence-electron chi connectivity index (χ0n) is 10.9. The first-order valence-corrected chi connectivity index (χ1v) is 7.98. The first-order chi connectivity index (χ1) is 9.63. The molecule has 1 aromatic carbocycles. The van der Waals surface area contributed by atoms with E-state index in [-0.39, 0.29) is 11.2 Å². The van der Waals surface area contributed by atoms with Gasteiger partial charge in [0.25, 0.3) is 0 Å². The predicted octanol–water partition coefficient (Wildman–Crippen LogP) is 3.81. The molecule has 2 heterocycles. The van der Waals surface area contributed by atoms with Crippen molar-refractivity contribution in [3.05, 3.63) is 52.3 Å². The van der Waals surface area contributed by atoms with Crippen molar-refractivity contribution in [2.75, 3.05) is 5.32 Å². The number of carbonyl (C=O) groups excluding carboxylic acids is 1. The van der Waals surface area contributed by atoms with Crippen LogP contribution in [-0.2, 0) is 11.2 Å². The summed E-state index contributed by atoms with van der Waals surface area (Å²) in [5, 5.41) is 2.88. The van der Waals surface area contributed by atoms with E-state index in [2.05, 4.69) is 38.4 Å². The number of rotatable bonds is 2. The summed E-state index contributed by atoms with van der Waals surface area (Å²) in [6, 6.07) is 10.1. The van der Waals surface area contributed by atoms with Crippen molar-refractivity contribution in [1.29, 1.82) is 0 Å². The number of amides is 1. The summed E-state index contributed by atoms with van der Waals surface area (Å²) in [6.45, 7) is 1.95. The molecule has 1 aromatic heterocycles. The van der Waals surface area contributed by atoms with Gasteiger partial charge in [0.15, 0.2) is 0 Å². The smallest absolute Gasteiger partial charge is 0.238 e. The lowest BCUT2D eigenvalue weighted by molar-refractivity contribution is -0.115. The molecular weight excluding hydrogens is 336 g/mol. The quantitative estimate of drug-likeness (QED) is 0.839. The van der Waals surface area contributed by atoms with Crippen molar-refractivity contribution in [1.82, 2.24) is 4.98 Å². The number of carbonyl (C=O) groups is 1. The molecule has 2 aromatic rings. The minimum atomic E-state index is -0.0589. The standard InChI is InChI=1S/C15H13BrN2OS/c1-9-6-11(8-17-14(9)16)18-15(19)13-7-10-4-2-3-5-12(10)20-13/h2-6,8,13H,7H2,1H3,(H,18,19). The van der Waals surface area contributed by atoms with Crippen LogP contribution >= 0.6 is 27.7 Å². The fourth-order valence-corrected chi connectivity index (χ4v) is 3.59. The lowest BCUT2D eigenvalue weighted by atomic mass is 10.1. The Morgan fingerprint density at radius 1 is 1.45 bits per heavy atom. The molecule has 0 fully saturated rings. The molecule has 1 aliphatic heterocycles. The summed E-state index contributed by atoms with van der Waals surface area (Å²) in [6.07, 6.45) is 2.46. The third-order valence-electron chi connectivity index (χ3n) is 3.22. The van der Waals surface area contributed by atoms with Gasteiger partial charge in [0.05, 0.1) is 17.1 Å². The number of halogens is 1. The van der Waals surface area contributed by atoms with E-state index in [9.17, 15) is 4.79 Å². The van der Waals surface area contributed by atoms with Crippen LogP contribution in [0.2, 0.25) is 0 Å². The van der Waals surface area contributed by atoms with Gasteiger partial charge in [0.1, 0.15) is 4.60 Å². The van der Waals surface area contributed by atoms with E-state index in [0.29, 0.717) is 0 Å². The molecule has 0 aliphatic carbocycles. The Labute approximate surface area is 130 Å².